The molecule has 5 nitrogen and oxygen atoms in total. The zero-order chi connectivity index (χ0) is 26.8. The zero-order valence-electron chi connectivity index (χ0n) is 21.0. The van der Waals surface area contributed by atoms with Crippen molar-refractivity contribution in [3.63, 3.8) is 0 Å². The second kappa shape index (κ2) is 15.0. The fourth-order valence-electron chi connectivity index (χ4n) is 4.38. The molecule has 2 aromatic carbocycles. The Morgan fingerprint density at radius 3 is 2.30 bits per heavy atom. The molecule has 9 heteroatoms. The lowest BCUT2D eigenvalue weighted by atomic mass is 10.0. The van der Waals surface area contributed by atoms with Crippen molar-refractivity contribution in [3.05, 3.63) is 73.7 Å². The van der Waals surface area contributed by atoms with Gasteiger partial charge in [-0.1, -0.05) is 65.0 Å². The summed E-state index contributed by atoms with van der Waals surface area (Å²) in [5.74, 6) is -0.0170. The lowest BCUT2D eigenvalue weighted by Crippen LogP contribution is -2.46. The van der Waals surface area contributed by atoms with Crippen molar-refractivity contribution in [1.29, 1.82) is 0 Å². The van der Waals surface area contributed by atoms with Crippen molar-refractivity contribution >= 4 is 64.3 Å². The van der Waals surface area contributed by atoms with Crippen LogP contribution in [-0.2, 0) is 16.0 Å². The average molecular weight is 585 g/mol. The molecule has 0 spiro atoms. The van der Waals surface area contributed by atoms with Crippen molar-refractivity contribution in [1.82, 2.24) is 15.1 Å². The first kappa shape index (κ1) is 29.8. The Kier molecular flexibility index (Phi) is 12.1. The van der Waals surface area contributed by atoms with Crippen LogP contribution in [0.4, 0.5) is 0 Å². The summed E-state index contributed by atoms with van der Waals surface area (Å²) >= 11 is 23.9. The number of benzene rings is 2. The first-order chi connectivity index (χ1) is 17.7. The van der Waals surface area contributed by atoms with E-state index in [9.17, 15) is 9.59 Å². The number of rotatable bonds is 11. The Hall–Kier alpha value is -1.76. The molecule has 0 aromatic heterocycles. The van der Waals surface area contributed by atoms with E-state index in [4.69, 9.17) is 46.4 Å². The number of hydrogen-bond acceptors (Lipinski definition) is 3. The van der Waals surface area contributed by atoms with E-state index < -0.39 is 0 Å². The highest BCUT2D eigenvalue weighted by Gasteiger charge is 2.25. The van der Waals surface area contributed by atoms with Gasteiger partial charge < -0.3 is 15.1 Å². The minimum absolute atomic E-state index is 0.102. The van der Waals surface area contributed by atoms with E-state index in [0.29, 0.717) is 33.1 Å². The number of halogens is 4. The van der Waals surface area contributed by atoms with Crippen LogP contribution in [0, 0.1) is 0 Å². The monoisotopic (exact) mass is 583 g/mol. The predicted molar refractivity (Wildman–Crippen MR) is 155 cm³/mol. The van der Waals surface area contributed by atoms with Gasteiger partial charge in [-0.05, 0) is 73.7 Å². The van der Waals surface area contributed by atoms with Crippen molar-refractivity contribution in [2.24, 2.45) is 0 Å². The molecule has 1 N–H and O–H groups in total. The topological polar surface area (TPSA) is 52.7 Å². The Bertz CT molecular complexity index is 1100. The number of likely N-dealkylation sites (N-methyl/N-ethyl adjacent to an activating group) is 1. The number of nitrogens with zero attached hydrogens (tertiary/aromatic N) is 2. The van der Waals surface area contributed by atoms with Crippen LogP contribution in [0.3, 0.4) is 0 Å². The number of carbonyl (C=O) groups excluding carboxylic acids is 2. The molecule has 1 fully saturated rings. The summed E-state index contributed by atoms with van der Waals surface area (Å²) in [5.41, 5.74) is 1.71. The molecule has 0 atom stereocenters. The van der Waals surface area contributed by atoms with Crippen LogP contribution >= 0.6 is 46.4 Å². The van der Waals surface area contributed by atoms with Gasteiger partial charge in [-0.2, -0.15) is 0 Å². The number of carbonyl (C=O) groups is 2. The molecule has 0 radical (unpaired) electrons. The molecule has 37 heavy (non-hydrogen) atoms. The van der Waals surface area contributed by atoms with Gasteiger partial charge in [0, 0.05) is 38.8 Å². The van der Waals surface area contributed by atoms with Crippen LogP contribution in [0.15, 0.2) is 42.5 Å². The normalized spacial score (nSPS) is 14.7. The Morgan fingerprint density at radius 2 is 1.62 bits per heavy atom. The molecule has 2 amide bonds. The number of piperidine rings is 1. The summed E-state index contributed by atoms with van der Waals surface area (Å²) in [6, 6.07) is 10.9. The molecule has 0 bridgehead atoms. The molecule has 1 heterocycles. The molecule has 3 rings (SSSR count). The maximum atomic E-state index is 12.7. The summed E-state index contributed by atoms with van der Waals surface area (Å²) in [6.07, 6.45) is 8.60. The molecule has 200 valence electrons. The van der Waals surface area contributed by atoms with Crippen LogP contribution in [-0.4, -0.2) is 60.9 Å². The predicted octanol–water partition coefficient (Wildman–Crippen LogP) is 6.77. The van der Waals surface area contributed by atoms with E-state index >= 15 is 0 Å². The summed E-state index contributed by atoms with van der Waals surface area (Å²) in [5, 5.41) is 4.85. The second-order valence-electron chi connectivity index (χ2n) is 9.36. The average Bonchev–Trinajstić information content (AvgIpc) is 2.89. The molecule has 2 aromatic rings. The largest absolute Gasteiger partial charge is 0.353 e. The van der Waals surface area contributed by atoms with E-state index in [1.54, 1.807) is 30.3 Å². The summed E-state index contributed by atoms with van der Waals surface area (Å²) in [7, 11) is 1.90. The molecule has 0 unspecified atom stereocenters. The Labute approximate surface area is 239 Å². The molecular formula is C28H33Cl4N3O2. The number of hydrogen-bond donors (Lipinski definition) is 1. The molecule has 1 aliphatic heterocycles. The minimum Gasteiger partial charge on any atom is -0.353 e. The zero-order valence-corrected chi connectivity index (χ0v) is 24.0. The number of amides is 2. The van der Waals surface area contributed by atoms with E-state index in [-0.39, 0.29) is 17.9 Å². The maximum absolute atomic E-state index is 12.7. The lowest BCUT2D eigenvalue weighted by molar-refractivity contribution is -0.132. The van der Waals surface area contributed by atoms with Gasteiger partial charge in [-0.25, -0.2) is 0 Å². The third kappa shape index (κ3) is 9.81. The van der Waals surface area contributed by atoms with E-state index in [0.717, 1.165) is 62.9 Å². The third-order valence-electron chi connectivity index (χ3n) is 6.66. The maximum Gasteiger partial charge on any atom is 0.243 e. The van der Waals surface area contributed by atoms with Crippen LogP contribution in [0.1, 0.15) is 43.2 Å². The van der Waals surface area contributed by atoms with E-state index in [2.05, 4.69) is 10.2 Å². The molecule has 1 aliphatic rings. The SMILES string of the molecule is CN(C(=O)Cc1ccc(Cl)c(Cl)c1)C1CCN(CCCCCNC(=O)/C=C/c2ccc(Cl)c(Cl)c2)CC1. The van der Waals surface area contributed by atoms with Gasteiger partial charge in [0.25, 0.3) is 0 Å². The lowest BCUT2D eigenvalue weighted by Gasteiger charge is -2.37. The fraction of sp³-hybridized carbons (Fsp3) is 0.429. The minimum atomic E-state index is -0.119. The van der Waals surface area contributed by atoms with Crippen LogP contribution in [0.2, 0.25) is 20.1 Å². The molecule has 1 saturated heterocycles. The summed E-state index contributed by atoms with van der Waals surface area (Å²) < 4.78 is 0. The van der Waals surface area contributed by atoms with Gasteiger partial charge in [-0.3, -0.25) is 9.59 Å². The van der Waals surface area contributed by atoms with Crippen molar-refractivity contribution in [2.45, 2.75) is 44.6 Å². The quantitative estimate of drug-likeness (QED) is 0.234. The van der Waals surface area contributed by atoms with E-state index in [1.165, 1.54) is 6.08 Å². The first-order valence-electron chi connectivity index (χ1n) is 12.6. The number of likely N-dealkylation sites (tertiary alicyclic amines) is 1. The highest BCUT2D eigenvalue weighted by atomic mass is 35.5. The van der Waals surface area contributed by atoms with Crippen LogP contribution in [0.5, 0.6) is 0 Å². The van der Waals surface area contributed by atoms with Crippen molar-refractivity contribution in [3.8, 4) is 0 Å². The van der Waals surface area contributed by atoms with Gasteiger partial charge in [-0.15, -0.1) is 0 Å². The van der Waals surface area contributed by atoms with Gasteiger partial charge in [0.05, 0.1) is 26.5 Å². The molecular weight excluding hydrogens is 552 g/mol. The Morgan fingerprint density at radius 1 is 0.946 bits per heavy atom. The van der Waals surface area contributed by atoms with Crippen molar-refractivity contribution < 1.29 is 9.59 Å². The third-order valence-corrected chi connectivity index (χ3v) is 8.14. The Balaban J connectivity index is 1.26. The van der Waals surface area contributed by atoms with Gasteiger partial charge in [0.15, 0.2) is 0 Å². The number of unbranched alkanes of at least 4 members (excludes halogenated alkanes) is 2. The summed E-state index contributed by atoms with van der Waals surface area (Å²) in [6.45, 7) is 3.67. The van der Waals surface area contributed by atoms with Crippen LogP contribution < -0.4 is 5.32 Å². The van der Waals surface area contributed by atoms with Crippen molar-refractivity contribution in [2.75, 3.05) is 33.2 Å². The van der Waals surface area contributed by atoms with Crippen LogP contribution in [0.25, 0.3) is 6.08 Å². The first-order valence-corrected chi connectivity index (χ1v) is 14.1. The molecule has 0 saturated carbocycles. The van der Waals surface area contributed by atoms with E-state index in [1.807, 2.05) is 24.1 Å². The number of nitrogens with one attached hydrogen (secondary N) is 1. The standard InChI is InChI=1S/C28H33Cl4N3O2/c1-34(28(37)19-21-6-9-24(30)26(32)18-21)22-11-15-35(16-12-22)14-4-2-3-13-33-27(36)10-7-20-5-8-23(29)25(31)17-20/h5-10,17-18,22H,2-4,11-16,19H2,1H3,(H,33,36)/b10-7+. The highest BCUT2D eigenvalue weighted by molar-refractivity contribution is 6.42. The highest BCUT2D eigenvalue weighted by Crippen LogP contribution is 2.24. The molecule has 0 aliphatic carbocycles. The summed E-state index contributed by atoms with van der Waals surface area (Å²) in [4.78, 5) is 29.1. The fourth-order valence-corrected chi connectivity index (χ4v) is 5.01. The second-order valence-corrected chi connectivity index (χ2v) is 11.0. The van der Waals surface area contributed by atoms with Gasteiger partial charge in [0.2, 0.25) is 11.8 Å². The van der Waals surface area contributed by atoms with Gasteiger partial charge in [0.1, 0.15) is 0 Å². The smallest absolute Gasteiger partial charge is 0.243 e. The van der Waals surface area contributed by atoms with Gasteiger partial charge >= 0.3 is 0 Å².